The predicted octanol–water partition coefficient (Wildman–Crippen LogP) is 3.21. The van der Waals surface area contributed by atoms with Crippen LogP contribution in [0.2, 0.25) is 0 Å². The van der Waals surface area contributed by atoms with E-state index in [1.54, 1.807) is 18.2 Å². The number of carbonyl (C=O) groups is 3. The lowest BCUT2D eigenvalue weighted by Crippen LogP contribution is -2.47. The molecule has 2 amide bonds. The number of ether oxygens (including phenoxy) is 2. The third kappa shape index (κ3) is 4.42. The van der Waals surface area contributed by atoms with Crippen molar-refractivity contribution in [3.05, 3.63) is 52.4 Å². The van der Waals surface area contributed by atoms with E-state index in [1.807, 2.05) is 26.0 Å². The molecule has 1 aromatic heterocycles. The quantitative estimate of drug-likeness (QED) is 0.274. The van der Waals surface area contributed by atoms with Crippen LogP contribution in [0.25, 0.3) is 11.0 Å². The summed E-state index contributed by atoms with van der Waals surface area (Å²) in [4.78, 5) is 52.3. The molecule has 0 saturated carbocycles. The highest BCUT2D eigenvalue weighted by atomic mass is 16.5. The van der Waals surface area contributed by atoms with E-state index in [4.69, 9.17) is 13.9 Å². The number of rotatable bonds is 7. The van der Waals surface area contributed by atoms with Gasteiger partial charge in [0.25, 0.3) is 0 Å². The van der Waals surface area contributed by atoms with Crippen molar-refractivity contribution in [2.75, 3.05) is 7.11 Å². The van der Waals surface area contributed by atoms with Gasteiger partial charge in [0.05, 0.1) is 18.9 Å². The second-order valence-electron chi connectivity index (χ2n) is 8.91. The van der Waals surface area contributed by atoms with E-state index in [1.165, 1.54) is 13.2 Å². The lowest BCUT2D eigenvalue weighted by Gasteiger charge is -2.26. The number of imide groups is 1. The Morgan fingerprint density at radius 3 is 2.36 bits per heavy atom. The average Bonchev–Trinajstić information content (AvgIpc) is 3.05. The second kappa shape index (κ2) is 9.21. The Morgan fingerprint density at radius 1 is 1.09 bits per heavy atom. The van der Waals surface area contributed by atoms with Crippen LogP contribution in [0, 0.1) is 17.8 Å². The summed E-state index contributed by atoms with van der Waals surface area (Å²) in [5.41, 5.74) is 0.201. The molecule has 174 valence electrons. The Balaban J connectivity index is 1.57. The lowest BCUT2D eigenvalue weighted by molar-refractivity contribution is -0.160. The minimum atomic E-state index is -0.998. The summed E-state index contributed by atoms with van der Waals surface area (Å²) in [7, 11) is 1.51. The Hall–Kier alpha value is -3.42. The van der Waals surface area contributed by atoms with Gasteiger partial charge in [-0.2, -0.15) is 0 Å². The van der Waals surface area contributed by atoms with Gasteiger partial charge in [0.15, 0.2) is 0 Å². The summed E-state index contributed by atoms with van der Waals surface area (Å²) < 4.78 is 16.0. The van der Waals surface area contributed by atoms with E-state index in [2.05, 4.69) is 0 Å². The molecule has 2 aliphatic rings. The van der Waals surface area contributed by atoms with Gasteiger partial charge in [-0.3, -0.25) is 14.5 Å². The number of hydrogen-bond acceptors (Lipinski definition) is 7. The van der Waals surface area contributed by atoms with Crippen LogP contribution in [0.1, 0.15) is 38.7 Å². The molecule has 2 aromatic rings. The molecule has 2 heterocycles. The van der Waals surface area contributed by atoms with Crippen LogP contribution in [0.15, 0.2) is 45.6 Å². The molecule has 1 fully saturated rings. The molecule has 0 radical (unpaired) electrons. The maximum atomic E-state index is 13.2. The van der Waals surface area contributed by atoms with Gasteiger partial charge in [0, 0.05) is 23.1 Å². The molecular formula is C25H27NO7. The predicted molar refractivity (Wildman–Crippen MR) is 119 cm³/mol. The number of carbonyl (C=O) groups excluding carboxylic acids is 3. The highest BCUT2D eigenvalue weighted by Gasteiger charge is 2.51. The molecule has 1 aromatic carbocycles. The zero-order valence-corrected chi connectivity index (χ0v) is 18.9. The Bertz CT molecular complexity index is 1150. The van der Waals surface area contributed by atoms with Crippen molar-refractivity contribution in [3.63, 3.8) is 0 Å². The first-order valence-corrected chi connectivity index (χ1v) is 11.1. The molecular weight excluding hydrogens is 426 g/mol. The molecule has 0 spiro atoms. The summed E-state index contributed by atoms with van der Waals surface area (Å²) in [5.74, 6) is -1.53. The van der Waals surface area contributed by atoms with E-state index >= 15 is 0 Å². The molecule has 0 N–H and O–H groups in total. The van der Waals surface area contributed by atoms with Gasteiger partial charge >= 0.3 is 11.6 Å². The van der Waals surface area contributed by atoms with Crippen LogP contribution < -0.4 is 10.4 Å². The molecule has 0 bridgehead atoms. The third-order valence-corrected chi connectivity index (χ3v) is 6.23. The number of amides is 2. The Labute approximate surface area is 191 Å². The molecule has 1 saturated heterocycles. The number of fused-ring (bicyclic) bond motifs is 2. The molecule has 8 nitrogen and oxygen atoms in total. The van der Waals surface area contributed by atoms with E-state index in [0.29, 0.717) is 41.5 Å². The zero-order chi connectivity index (χ0) is 23.7. The van der Waals surface area contributed by atoms with Crippen molar-refractivity contribution in [2.24, 2.45) is 17.8 Å². The van der Waals surface area contributed by atoms with Crippen LogP contribution in [-0.4, -0.2) is 35.8 Å². The highest BCUT2D eigenvalue weighted by Crippen LogP contribution is 2.37. The van der Waals surface area contributed by atoms with Crippen LogP contribution in [-0.2, 0) is 25.7 Å². The van der Waals surface area contributed by atoms with Crippen LogP contribution in [0.3, 0.4) is 0 Å². The molecule has 4 rings (SSSR count). The summed E-state index contributed by atoms with van der Waals surface area (Å²) in [6, 6.07) is 5.29. The van der Waals surface area contributed by atoms with Crippen molar-refractivity contribution in [1.29, 1.82) is 0 Å². The van der Waals surface area contributed by atoms with Crippen molar-refractivity contribution in [2.45, 2.75) is 45.8 Å². The highest BCUT2D eigenvalue weighted by molar-refractivity contribution is 6.08. The number of methoxy groups -OCH3 is 1. The smallest absolute Gasteiger partial charge is 0.336 e. The summed E-state index contributed by atoms with van der Waals surface area (Å²) in [6.45, 7) is 3.65. The lowest BCUT2D eigenvalue weighted by atomic mass is 9.85. The first-order valence-electron chi connectivity index (χ1n) is 11.1. The van der Waals surface area contributed by atoms with Gasteiger partial charge in [-0.15, -0.1) is 0 Å². The standard InChI is InChI=1S/C25H27NO7/c1-14(2)10-20(26-23(28)18-6-4-5-7-19(18)24(26)29)25(30)32-13-15-11-22(27)33-21-12-16(31-3)8-9-17(15)21/h4-5,8-9,11-12,14,18-20H,6-7,10,13H2,1-3H3. The molecule has 8 heteroatoms. The van der Waals surface area contributed by atoms with Gasteiger partial charge < -0.3 is 13.9 Å². The first kappa shape index (κ1) is 22.8. The first-order chi connectivity index (χ1) is 15.8. The fourth-order valence-corrected chi connectivity index (χ4v) is 4.59. The number of allylic oxidation sites excluding steroid dienone is 2. The summed E-state index contributed by atoms with van der Waals surface area (Å²) in [5, 5.41) is 0.606. The number of benzene rings is 1. The molecule has 33 heavy (non-hydrogen) atoms. The molecule has 1 aliphatic heterocycles. The van der Waals surface area contributed by atoms with Crippen LogP contribution >= 0.6 is 0 Å². The Morgan fingerprint density at radius 2 is 1.76 bits per heavy atom. The summed E-state index contributed by atoms with van der Waals surface area (Å²) >= 11 is 0. The van der Waals surface area contributed by atoms with Gasteiger partial charge in [-0.25, -0.2) is 9.59 Å². The van der Waals surface area contributed by atoms with E-state index in [-0.39, 0.29) is 24.3 Å². The minimum Gasteiger partial charge on any atom is -0.497 e. The van der Waals surface area contributed by atoms with E-state index < -0.39 is 29.5 Å². The SMILES string of the molecule is COc1ccc2c(COC(=O)C(CC(C)C)N3C(=O)C4CC=CCC4C3=O)cc(=O)oc2c1. The fraction of sp³-hybridized carbons (Fsp3) is 0.440. The molecule has 3 atom stereocenters. The molecule has 3 unspecified atom stereocenters. The maximum Gasteiger partial charge on any atom is 0.336 e. The van der Waals surface area contributed by atoms with Crippen LogP contribution in [0.4, 0.5) is 0 Å². The Kier molecular flexibility index (Phi) is 6.35. The number of esters is 1. The van der Waals surface area contributed by atoms with Crippen molar-refractivity contribution >= 4 is 28.8 Å². The second-order valence-corrected chi connectivity index (χ2v) is 8.91. The molecule has 1 aliphatic carbocycles. The van der Waals surface area contributed by atoms with Gasteiger partial charge in [0.2, 0.25) is 11.8 Å². The fourth-order valence-electron chi connectivity index (χ4n) is 4.59. The van der Waals surface area contributed by atoms with Crippen molar-refractivity contribution in [3.8, 4) is 5.75 Å². The van der Waals surface area contributed by atoms with Crippen LogP contribution in [0.5, 0.6) is 5.75 Å². The van der Waals surface area contributed by atoms with Gasteiger partial charge in [-0.05, 0) is 37.3 Å². The topological polar surface area (TPSA) is 103 Å². The van der Waals surface area contributed by atoms with Crippen molar-refractivity contribution < 1.29 is 28.3 Å². The monoisotopic (exact) mass is 453 g/mol. The van der Waals surface area contributed by atoms with Gasteiger partial charge in [0.1, 0.15) is 24.0 Å². The number of nitrogens with zero attached hydrogens (tertiary/aromatic N) is 1. The summed E-state index contributed by atoms with van der Waals surface area (Å²) in [6.07, 6.45) is 5.13. The van der Waals surface area contributed by atoms with Crippen molar-refractivity contribution in [1.82, 2.24) is 4.90 Å². The largest absolute Gasteiger partial charge is 0.497 e. The minimum absolute atomic E-state index is 0.0565. The third-order valence-electron chi connectivity index (χ3n) is 6.23. The normalized spacial score (nSPS) is 20.9. The van der Waals surface area contributed by atoms with E-state index in [0.717, 1.165) is 4.90 Å². The van der Waals surface area contributed by atoms with E-state index in [9.17, 15) is 19.2 Å². The maximum absolute atomic E-state index is 13.2. The number of likely N-dealkylation sites (tertiary alicyclic amines) is 1. The zero-order valence-electron chi connectivity index (χ0n) is 18.9. The van der Waals surface area contributed by atoms with Gasteiger partial charge in [-0.1, -0.05) is 26.0 Å². The average molecular weight is 453 g/mol. The number of hydrogen-bond donors (Lipinski definition) is 0.